The largest absolute Gasteiger partial charge is 0.337 e. The van der Waals surface area contributed by atoms with Crippen molar-refractivity contribution in [2.75, 3.05) is 45.8 Å². The number of nitrogens with zero attached hydrogens (tertiary/aromatic N) is 5. The van der Waals surface area contributed by atoms with Gasteiger partial charge in [0, 0.05) is 45.5 Å². The van der Waals surface area contributed by atoms with Crippen LogP contribution in [-0.2, 0) is 0 Å². The Labute approximate surface area is 166 Å². The van der Waals surface area contributed by atoms with Crippen LogP contribution < -0.4 is 0 Å². The highest BCUT2D eigenvalue weighted by Crippen LogP contribution is 2.18. The van der Waals surface area contributed by atoms with Gasteiger partial charge < -0.3 is 14.7 Å². The molecule has 0 atom stereocenters. The number of imidazole rings is 1. The first-order valence-corrected chi connectivity index (χ1v) is 10.4. The van der Waals surface area contributed by atoms with Crippen LogP contribution in [0, 0.1) is 0 Å². The molecule has 0 radical (unpaired) electrons. The number of fused-ring (bicyclic) bond motifs is 1. The van der Waals surface area contributed by atoms with Crippen molar-refractivity contribution in [1.82, 2.24) is 24.1 Å². The van der Waals surface area contributed by atoms with E-state index < -0.39 is 0 Å². The van der Waals surface area contributed by atoms with Gasteiger partial charge in [0.05, 0.1) is 5.52 Å². The normalized spacial score (nSPS) is 15.2. The fourth-order valence-electron chi connectivity index (χ4n) is 3.76. The van der Waals surface area contributed by atoms with E-state index in [1.165, 1.54) is 0 Å². The van der Waals surface area contributed by atoms with Crippen molar-refractivity contribution in [2.45, 2.75) is 33.6 Å². The molecule has 3 rings (SSSR count). The molecule has 2 aromatic heterocycles. The molecule has 0 bridgehead atoms. The molecule has 7 heteroatoms. The molecule has 3 heterocycles. The summed E-state index contributed by atoms with van der Waals surface area (Å²) in [6, 6.07) is 5.61. The van der Waals surface area contributed by atoms with Crippen LogP contribution in [0.25, 0.3) is 5.52 Å². The highest BCUT2D eigenvalue weighted by Gasteiger charge is 2.28. The molecule has 2 amide bonds. The smallest absolute Gasteiger partial charge is 0.290 e. The van der Waals surface area contributed by atoms with E-state index in [1.807, 2.05) is 34.2 Å². The molecule has 0 aromatic carbocycles. The van der Waals surface area contributed by atoms with E-state index in [1.54, 1.807) is 4.40 Å². The second kappa shape index (κ2) is 9.19. The first-order valence-electron chi connectivity index (χ1n) is 10.4. The van der Waals surface area contributed by atoms with E-state index in [0.717, 1.165) is 32.5 Å². The number of pyridine rings is 1. The zero-order chi connectivity index (χ0) is 20.1. The molecule has 0 saturated carbocycles. The van der Waals surface area contributed by atoms with Crippen molar-refractivity contribution in [3.63, 3.8) is 0 Å². The lowest BCUT2D eigenvalue weighted by Gasteiger charge is -2.33. The van der Waals surface area contributed by atoms with Crippen molar-refractivity contribution >= 4 is 17.3 Å². The number of carbonyl (C=O) groups excluding carboxylic acids is 2. The molecule has 1 fully saturated rings. The molecular weight excluding hydrogens is 354 g/mol. The van der Waals surface area contributed by atoms with Crippen LogP contribution in [0.1, 0.15) is 54.7 Å². The first-order chi connectivity index (χ1) is 13.6. The van der Waals surface area contributed by atoms with Gasteiger partial charge in [-0.15, -0.1) is 0 Å². The lowest BCUT2D eigenvalue weighted by Crippen LogP contribution is -2.48. The van der Waals surface area contributed by atoms with Gasteiger partial charge >= 0.3 is 0 Å². The topological polar surface area (TPSA) is 61.2 Å². The van der Waals surface area contributed by atoms with E-state index in [-0.39, 0.29) is 11.8 Å². The van der Waals surface area contributed by atoms with Gasteiger partial charge in [-0.2, -0.15) is 0 Å². The standard InChI is InChI=1S/C21H31N5O2/c1-4-10-24(11-5-2)20(27)18-17-9-7-8-12-26(17)19(22-18)21(28)25-15-13-23(6-3)14-16-25/h7-9,12H,4-6,10-11,13-16H2,1-3H3. The number of likely N-dealkylation sites (N-methyl/N-ethyl adjacent to an activating group) is 1. The van der Waals surface area contributed by atoms with Gasteiger partial charge in [0.15, 0.2) is 5.69 Å². The molecular formula is C21H31N5O2. The maximum atomic E-state index is 13.2. The Morgan fingerprint density at radius 2 is 1.71 bits per heavy atom. The number of rotatable bonds is 7. The summed E-state index contributed by atoms with van der Waals surface area (Å²) in [6.07, 6.45) is 3.61. The summed E-state index contributed by atoms with van der Waals surface area (Å²) in [5, 5.41) is 0. The Kier molecular flexibility index (Phi) is 6.67. The fraction of sp³-hybridized carbons (Fsp3) is 0.571. The Morgan fingerprint density at radius 3 is 2.32 bits per heavy atom. The van der Waals surface area contributed by atoms with Crippen molar-refractivity contribution in [2.24, 2.45) is 0 Å². The predicted molar refractivity (Wildman–Crippen MR) is 110 cm³/mol. The number of hydrogen-bond donors (Lipinski definition) is 0. The van der Waals surface area contributed by atoms with E-state index >= 15 is 0 Å². The molecule has 7 nitrogen and oxygen atoms in total. The number of carbonyl (C=O) groups is 2. The lowest BCUT2D eigenvalue weighted by atomic mass is 10.2. The van der Waals surface area contributed by atoms with Crippen LogP contribution in [0.5, 0.6) is 0 Å². The molecule has 0 N–H and O–H groups in total. The fourth-order valence-corrected chi connectivity index (χ4v) is 3.76. The van der Waals surface area contributed by atoms with Crippen molar-refractivity contribution < 1.29 is 9.59 Å². The van der Waals surface area contributed by atoms with Gasteiger partial charge in [-0.25, -0.2) is 4.98 Å². The van der Waals surface area contributed by atoms with Crippen molar-refractivity contribution in [1.29, 1.82) is 0 Å². The molecule has 0 unspecified atom stereocenters. The summed E-state index contributed by atoms with van der Waals surface area (Å²) >= 11 is 0. The highest BCUT2D eigenvalue weighted by atomic mass is 16.2. The Morgan fingerprint density at radius 1 is 1.04 bits per heavy atom. The minimum Gasteiger partial charge on any atom is -0.337 e. The van der Waals surface area contributed by atoms with Crippen LogP contribution in [0.4, 0.5) is 0 Å². The molecule has 1 saturated heterocycles. The average molecular weight is 386 g/mol. The van der Waals surface area contributed by atoms with Gasteiger partial charge in [-0.05, 0) is 31.5 Å². The molecule has 152 valence electrons. The van der Waals surface area contributed by atoms with Crippen LogP contribution in [0.3, 0.4) is 0 Å². The van der Waals surface area contributed by atoms with E-state index in [2.05, 4.69) is 30.7 Å². The van der Waals surface area contributed by atoms with E-state index in [0.29, 0.717) is 43.2 Å². The number of piperazine rings is 1. The number of aromatic nitrogens is 2. The van der Waals surface area contributed by atoms with Gasteiger partial charge in [0.1, 0.15) is 0 Å². The van der Waals surface area contributed by atoms with Gasteiger partial charge in [0.2, 0.25) is 5.82 Å². The minimum atomic E-state index is -0.103. The van der Waals surface area contributed by atoms with Crippen LogP contribution in [0.15, 0.2) is 24.4 Å². The van der Waals surface area contributed by atoms with E-state index in [9.17, 15) is 9.59 Å². The molecule has 28 heavy (non-hydrogen) atoms. The Balaban J connectivity index is 1.92. The van der Waals surface area contributed by atoms with Crippen LogP contribution >= 0.6 is 0 Å². The van der Waals surface area contributed by atoms with Gasteiger partial charge in [0.25, 0.3) is 11.8 Å². The lowest BCUT2D eigenvalue weighted by molar-refractivity contribution is 0.0630. The third-order valence-electron chi connectivity index (χ3n) is 5.32. The summed E-state index contributed by atoms with van der Waals surface area (Å²) in [7, 11) is 0. The zero-order valence-electron chi connectivity index (χ0n) is 17.2. The number of amides is 2. The summed E-state index contributed by atoms with van der Waals surface area (Å²) in [5.41, 5.74) is 1.07. The average Bonchev–Trinajstić information content (AvgIpc) is 3.12. The maximum Gasteiger partial charge on any atom is 0.290 e. The monoisotopic (exact) mass is 385 g/mol. The molecule has 0 aliphatic carbocycles. The van der Waals surface area contributed by atoms with Crippen molar-refractivity contribution in [3.8, 4) is 0 Å². The van der Waals surface area contributed by atoms with E-state index in [4.69, 9.17) is 0 Å². The highest BCUT2D eigenvalue weighted by molar-refractivity contribution is 6.02. The molecule has 1 aliphatic rings. The molecule has 1 aliphatic heterocycles. The summed E-state index contributed by atoms with van der Waals surface area (Å²) in [6.45, 7) is 11.8. The first kappa shape index (κ1) is 20.3. The summed E-state index contributed by atoms with van der Waals surface area (Å²) in [5.74, 6) is 0.132. The summed E-state index contributed by atoms with van der Waals surface area (Å²) < 4.78 is 1.76. The molecule has 2 aromatic rings. The van der Waals surface area contributed by atoms with Gasteiger partial charge in [-0.1, -0.05) is 26.8 Å². The second-order valence-corrected chi connectivity index (χ2v) is 7.26. The van der Waals surface area contributed by atoms with Crippen LogP contribution in [-0.4, -0.2) is 81.7 Å². The van der Waals surface area contributed by atoms with Crippen LogP contribution in [0.2, 0.25) is 0 Å². The minimum absolute atomic E-state index is 0.0951. The maximum absolute atomic E-state index is 13.2. The quantitative estimate of drug-likeness (QED) is 0.734. The second-order valence-electron chi connectivity index (χ2n) is 7.26. The SMILES string of the molecule is CCCN(CCC)C(=O)c1nc(C(=O)N2CCN(CC)CC2)n2ccccc12. The van der Waals surface area contributed by atoms with Gasteiger partial charge in [-0.3, -0.25) is 14.0 Å². The Bertz CT molecular complexity index is 817. The predicted octanol–water partition coefficient (Wildman–Crippen LogP) is 2.37. The third-order valence-corrected chi connectivity index (χ3v) is 5.32. The number of hydrogen-bond acceptors (Lipinski definition) is 4. The zero-order valence-corrected chi connectivity index (χ0v) is 17.2. The summed E-state index contributed by atoms with van der Waals surface area (Å²) in [4.78, 5) is 36.9. The Hall–Kier alpha value is -2.41. The third kappa shape index (κ3) is 4.04. The van der Waals surface area contributed by atoms with Crippen molar-refractivity contribution in [3.05, 3.63) is 35.9 Å². The molecule has 0 spiro atoms.